The molecule has 1 heterocycles. The Kier molecular flexibility index (Phi) is 6.29. The number of nitrogens with two attached hydrogens (primary N) is 1. The van der Waals surface area contributed by atoms with E-state index in [0.717, 1.165) is 11.3 Å². The van der Waals surface area contributed by atoms with Crippen LogP contribution in [0.4, 0.5) is 0 Å². The molecule has 0 saturated carbocycles. The molecule has 0 aliphatic heterocycles. The third-order valence-corrected chi connectivity index (χ3v) is 3.67. The third kappa shape index (κ3) is 4.53. The van der Waals surface area contributed by atoms with Crippen LogP contribution in [0.1, 0.15) is 29.8 Å². The fraction of sp³-hybridized carbons (Fsp3) is 0.438. The maximum absolute atomic E-state index is 12.5. The summed E-state index contributed by atoms with van der Waals surface area (Å²) in [6, 6.07) is 5.59. The molecule has 126 valence electrons. The van der Waals surface area contributed by atoms with Crippen LogP contribution in [0.15, 0.2) is 30.9 Å². The molecular weight excluding hydrogens is 314 g/mol. The maximum Gasteiger partial charge on any atom is 0.253 e. The van der Waals surface area contributed by atoms with Crippen molar-refractivity contribution in [3.05, 3.63) is 42.0 Å². The standard InChI is InChI=1S/C16H23N5O.ClH/c1-12-7-13(5-6-14(12)21-11-18-10-19-21)15(22)20(4)9-16(2,3)8-17;/h5-7,10-11H,8-9,17H2,1-4H3;1H. The number of halogens is 1. The number of rotatable bonds is 5. The summed E-state index contributed by atoms with van der Waals surface area (Å²) in [6.07, 6.45) is 3.13. The molecule has 23 heavy (non-hydrogen) atoms. The Morgan fingerprint density at radius 1 is 1.39 bits per heavy atom. The summed E-state index contributed by atoms with van der Waals surface area (Å²) in [7, 11) is 1.81. The number of hydrogen-bond donors (Lipinski definition) is 1. The van der Waals surface area contributed by atoms with Crippen molar-refractivity contribution in [2.75, 3.05) is 20.1 Å². The molecule has 0 fully saturated rings. The quantitative estimate of drug-likeness (QED) is 0.905. The number of aromatic nitrogens is 3. The first-order chi connectivity index (χ1) is 10.3. The van der Waals surface area contributed by atoms with E-state index in [2.05, 4.69) is 23.9 Å². The topological polar surface area (TPSA) is 77.0 Å². The van der Waals surface area contributed by atoms with Crippen molar-refractivity contribution in [1.29, 1.82) is 0 Å². The molecule has 1 aromatic heterocycles. The number of benzene rings is 1. The molecule has 2 rings (SSSR count). The summed E-state index contributed by atoms with van der Waals surface area (Å²) in [5.41, 5.74) is 8.20. The van der Waals surface area contributed by atoms with Gasteiger partial charge in [0.25, 0.3) is 5.91 Å². The van der Waals surface area contributed by atoms with Gasteiger partial charge in [0.2, 0.25) is 0 Å². The Hall–Kier alpha value is -1.92. The van der Waals surface area contributed by atoms with Gasteiger partial charge in [0, 0.05) is 19.2 Å². The van der Waals surface area contributed by atoms with Gasteiger partial charge in [0.05, 0.1) is 5.69 Å². The van der Waals surface area contributed by atoms with E-state index in [9.17, 15) is 4.79 Å². The van der Waals surface area contributed by atoms with E-state index in [1.165, 1.54) is 6.33 Å². The molecule has 1 amide bonds. The van der Waals surface area contributed by atoms with Crippen LogP contribution < -0.4 is 5.73 Å². The van der Waals surface area contributed by atoms with Gasteiger partial charge in [0.15, 0.2) is 0 Å². The summed E-state index contributed by atoms with van der Waals surface area (Å²) in [5, 5.41) is 4.11. The van der Waals surface area contributed by atoms with E-state index in [1.807, 2.05) is 25.1 Å². The van der Waals surface area contributed by atoms with Crippen molar-refractivity contribution in [3.63, 3.8) is 0 Å². The normalized spacial score (nSPS) is 11.0. The lowest BCUT2D eigenvalue weighted by Gasteiger charge is -2.29. The van der Waals surface area contributed by atoms with Crippen LogP contribution in [0.5, 0.6) is 0 Å². The van der Waals surface area contributed by atoms with E-state index in [0.29, 0.717) is 18.7 Å². The Morgan fingerprint density at radius 3 is 2.61 bits per heavy atom. The molecule has 1 aromatic carbocycles. The van der Waals surface area contributed by atoms with E-state index in [-0.39, 0.29) is 23.7 Å². The average molecular weight is 338 g/mol. The van der Waals surface area contributed by atoms with Crippen LogP contribution in [0.25, 0.3) is 5.69 Å². The Labute approximate surface area is 143 Å². The molecule has 0 aliphatic rings. The third-order valence-electron chi connectivity index (χ3n) is 3.67. The van der Waals surface area contributed by atoms with Crippen molar-refractivity contribution in [2.24, 2.45) is 11.1 Å². The predicted molar refractivity (Wildman–Crippen MR) is 93.1 cm³/mol. The zero-order valence-corrected chi connectivity index (χ0v) is 14.8. The second-order valence-corrected chi connectivity index (χ2v) is 6.37. The van der Waals surface area contributed by atoms with E-state index >= 15 is 0 Å². The molecule has 2 aromatic rings. The monoisotopic (exact) mass is 337 g/mol. The first kappa shape index (κ1) is 19.1. The minimum atomic E-state index is -0.0971. The lowest BCUT2D eigenvalue weighted by Crippen LogP contribution is -2.39. The van der Waals surface area contributed by atoms with Gasteiger partial charge in [-0.15, -0.1) is 12.4 Å². The number of carbonyl (C=O) groups is 1. The molecule has 0 radical (unpaired) electrons. The SMILES string of the molecule is Cc1cc(C(=O)N(C)CC(C)(C)CN)ccc1-n1cncn1.Cl. The maximum atomic E-state index is 12.5. The number of hydrogen-bond acceptors (Lipinski definition) is 4. The lowest BCUT2D eigenvalue weighted by molar-refractivity contribution is 0.0740. The zero-order chi connectivity index (χ0) is 16.3. The molecular formula is C16H24ClN5O. The summed E-state index contributed by atoms with van der Waals surface area (Å²) in [4.78, 5) is 18.2. The van der Waals surface area contributed by atoms with Crippen molar-refractivity contribution in [3.8, 4) is 5.69 Å². The van der Waals surface area contributed by atoms with Gasteiger partial charge in [-0.2, -0.15) is 5.10 Å². The van der Waals surface area contributed by atoms with Gasteiger partial charge < -0.3 is 10.6 Å². The fourth-order valence-electron chi connectivity index (χ4n) is 2.38. The molecule has 0 spiro atoms. The molecule has 0 atom stereocenters. The summed E-state index contributed by atoms with van der Waals surface area (Å²) in [5.74, 6) is -0.00485. The predicted octanol–water partition coefficient (Wildman–Crippen LogP) is 2.05. The molecule has 6 nitrogen and oxygen atoms in total. The highest BCUT2D eigenvalue weighted by atomic mass is 35.5. The van der Waals surface area contributed by atoms with E-state index in [4.69, 9.17) is 5.73 Å². The highest BCUT2D eigenvalue weighted by molar-refractivity contribution is 5.94. The van der Waals surface area contributed by atoms with Crippen LogP contribution in [0.3, 0.4) is 0 Å². The van der Waals surface area contributed by atoms with E-state index < -0.39 is 0 Å². The highest BCUT2D eigenvalue weighted by Gasteiger charge is 2.22. The largest absolute Gasteiger partial charge is 0.341 e. The first-order valence-electron chi connectivity index (χ1n) is 7.25. The second-order valence-electron chi connectivity index (χ2n) is 6.37. The summed E-state index contributed by atoms with van der Waals surface area (Å²) < 4.78 is 1.69. The molecule has 0 aliphatic carbocycles. The fourth-order valence-corrected chi connectivity index (χ4v) is 2.38. The average Bonchev–Trinajstić information content (AvgIpc) is 2.99. The summed E-state index contributed by atoms with van der Waals surface area (Å²) in [6.45, 7) is 7.21. The van der Waals surface area contributed by atoms with Crippen LogP contribution >= 0.6 is 12.4 Å². The van der Waals surface area contributed by atoms with Crippen molar-refractivity contribution < 1.29 is 4.79 Å². The van der Waals surface area contributed by atoms with Crippen LogP contribution in [-0.2, 0) is 0 Å². The minimum Gasteiger partial charge on any atom is -0.341 e. The number of carbonyl (C=O) groups excluding carboxylic acids is 1. The Morgan fingerprint density at radius 2 is 2.09 bits per heavy atom. The number of nitrogens with zero attached hydrogens (tertiary/aromatic N) is 4. The molecule has 2 N–H and O–H groups in total. The number of aryl methyl sites for hydroxylation is 1. The van der Waals surface area contributed by atoms with Gasteiger partial charge in [-0.05, 0) is 42.6 Å². The Balaban J connectivity index is 0.00000264. The smallest absolute Gasteiger partial charge is 0.253 e. The number of amides is 1. The molecule has 0 saturated heterocycles. The van der Waals surface area contributed by atoms with Crippen LogP contribution in [0, 0.1) is 12.3 Å². The lowest BCUT2D eigenvalue weighted by atomic mass is 9.93. The van der Waals surface area contributed by atoms with E-state index in [1.54, 1.807) is 23.0 Å². The van der Waals surface area contributed by atoms with Crippen LogP contribution in [-0.4, -0.2) is 45.7 Å². The molecule has 0 bridgehead atoms. The zero-order valence-electron chi connectivity index (χ0n) is 14.0. The van der Waals surface area contributed by atoms with Gasteiger partial charge in [0.1, 0.15) is 12.7 Å². The van der Waals surface area contributed by atoms with Crippen molar-refractivity contribution >= 4 is 18.3 Å². The van der Waals surface area contributed by atoms with Crippen molar-refractivity contribution in [1.82, 2.24) is 19.7 Å². The molecule has 0 unspecified atom stereocenters. The van der Waals surface area contributed by atoms with Gasteiger partial charge >= 0.3 is 0 Å². The van der Waals surface area contributed by atoms with Crippen molar-refractivity contribution in [2.45, 2.75) is 20.8 Å². The Bertz CT molecular complexity index is 654. The van der Waals surface area contributed by atoms with Gasteiger partial charge in [-0.1, -0.05) is 13.8 Å². The highest BCUT2D eigenvalue weighted by Crippen LogP contribution is 2.18. The molecule has 7 heteroatoms. The second kappa shape index (κ2) is 7.57. The van der Waals surface area contributed by atoms with Gasteiger partial charge in [-0.25, -0.2) is 9.67 Å². The first-order valence-corrected chi connectivity index (χ1v) is 7.25. The minimum absolute atomic E-state index is 0. The van der Waals surface area contributed by atoms with Crippen LogP contribution in [0.2, 0.25) is 0 Å². The summed E-state index contributed by atoms with van der Waals surface area (Å²) >= 11 is 0. The van der Waals surface area contributed by atoms with Gasteiger partial charge in [-0.3, -0.25) is 4.79 Å².